The lowest BCUT2D eigenvalue weighted by molar-refractivity contribution is -0.120. The molecule has 0 saturated carbocycles. The molecule has 4 heteroatoms. The Hall–Kier alpha value is -1.55. The standard InChI is InChI=1S/C15H24N2O2/c1-4-9-19-14-7-5-13(6-8-14)10-16-11-15(18)17-12(2)3/h5-8,12,16H,4,9-11H2,1-3H3,(H,17,18). The molecule has 0 aromatic heterocycles. The lowest BCUT2D eigenvalue weighted by Gasteiger charge is -2.09. The molecule has 0 bridgehead atoms. The first-order chi connectivity index (χ1) is 9.11. The fraction of sp³-hybridized carbons (Fsp3) is 0.533. The SMILES string of the molecule is CCCOc1ccc(CNCC(=O)NC(C)C)cc1. The maximum atomic E-state index is 11.4. The van der Waals surface area contributed by atoms with Crippen molar-refractivity contribution in [1.29, 1.82) is 0 Å². The Labute approximate surface area is 115 Å². The molecule has 1 amide bonds. The van der Waals surface area contributed by atoms with Crippen molar-refractivity contribution in [2.24, 2.45) is 0 Å². The van der Waals surface area contributed by atoms with Gasteiger partial charge in [-0.2, -0.15) is 0 Å². The topological polar surface area (TPSA) is 50.4 Å². The molecule has 0 radical (unpaired) electrons. The molecule has 19 heavy (non-hydrogen) atoms. The Kier molecular flexibility index (Phi) is 6.97. The van der Waals surface area contributed by atoms with E-state index in [2.05, 4.69) is 17.6 Å². The molecule has 2 N–H and O–H groups in total. The van der Waals surface area contributed by atoms with Crippen LogP contribution < -0.4 is 15.4 Å². The predicted octanol–water partition coefficient (Wildman–Crippen LogP) is 2.09. The van der Waals surface area contributed by atoms with Gasteiger partial charge in [0, 0.05) is 12.6 Å². The monoisotopic (exact) mass is 264 g/mol. The summed E-state index contributed by atoms with van der Waals surface area (Å²) in [5.74, 6) is 0.918. The van der Waals surface area contributed by atoms with Gasteiger partial charge < -0.3 is 15.4 Å². The number of ether oxygens (including phenoxy) is 1. The van der Waals surface area contributed by atoms with E-state index in [0.29, 0.717) is 13.1 Å². The van der Waals surface area contributed by atoms with Gasteiger partial charge in [0.1, 0.15) is 5.75 Å². The Morgan fingerprint density at radius 2 is 1.95 bits per heavy atom. The largest absolute Gasteiger partial charge is 0.494 e. The number of rotatable bonds is 8. The van der Waals surface area contributed by atoms with Crippen molar-refractivity contribution in [3.8, 4) is 5.75 Å². The minimum absolute atomic E-state index is 0.0258. The van der Waals surface area contributed by atoms with Crippen LogP contribution in [0.15, 0.2) is 24.3 Å². The summed E-state index contributed by atoms with van der Waals surface area (Å²) in [7, 11) is 0. The van der Waals surface area contributed by atoms with Crippen molar-refractivity contribution >= 4 is 5.91 Å². The Bertz CT molecular complexity index is 374. The van der Waals surface area contributed by atoms with Crippen LogP contribution >= 0.6 is 0 Å². The van der Waals surface area contributed by atoms with Gasteiger partial charge in [-0.3, -0.25) is 4.79 Å². The van der Waals surface area contributed by atoms with E-state index < -0.39 is 0 Å². The van der Waals surface area contributed by atoms with E-state index in [1.54, 1.807) is 0 Å². The molecule has 0 atom stereocenters. The Morgan fingerprint density at radius 3 is 2.53 bits per heavy atom. The molecule has 0 aliphatic rings. The van der Waals surface area contributed by atoms with E-state index in [0.717, 1.165) is 24.3 Å². The molecule has 1 rings (SSSR count). The van der Waals surface area contributed by atoms with Crippen LogP contribution in [0.5, 0.6) is 5.75 Å². The zero-order chi connectivity index (χ0) is 14.1. The zero-order valence-electron chi connectivity index (χ0n) is 12.0. The summed E-state index contributed by atoms with van der Waals surface area (Å²) in [5, 5.41) is 5.96. The minimum Gasteiger partial charge on any atom is -0.494 e. The second kappa shape index (κ2) is 8.53. The molecule has 1 aromatic carbocycles. The highest BCUT2D eigenvalue weighted by Crippen LogP contribution is 2.12. The zero-order valence-corrected chi connectivity index (χ0v) is 12.0. The number of hydrogen-bond acceptors (Lipinski definition) is 3. The Balaban J connectivity index is 2.28. The van der Waals surface area contributed by atoms with Crippen LogP contribution in [0.2, 0.25) is 0 Å². The first-order valence-electron chi connectivity index (χ1n) is 6.83. The Morgan fingerprint density at radius 1 is 1.26 bits per heavy atom. The predicted molar refractivity (Wildman–Crippen MR) is 77.2 cm³/mol. The molecule has 1 aromatic rings. The smallest absolute Gasteiger partial charge is 0.234 e. The van der Waals surface area contributed by atoms with E-state index in [9.17, 15) is 4.79 Å². The average molecular weight is 264 g/mol. The molecule has 106 valence electrons. The quantitative estimate of drug-likeness (QED) is 0.756. The van der Waals surface area contributed by atoms with Gasteiger partial charge in [-0.1, -0.05) is 19.1 Å². The normalized spacial score (nSPS) is 10.5. The highest BCUT2D eigenvalue weighted by atomic mass is 16.5. The summed E-state index contributed by atoms with van der Waals surface area (Å²) < 4.78 is 5.51. The molecule has 4 nitrogen and oxygen atoms in total. The lowest BCUT2D eigenvalue weighted by atomic mass is 10.2. The molecular formula is C15H24N2O2. The summed E-state index contributed by atoms with van der Waals surface area (Å²) in [6.07, 6.45) is 1.01. The number of benzene rings is 1. The van der Waals surface area contributed by atoms with E-state index in [-0.39, 0.29) is 11.9 Å². The number of hydrogen-bond donors (Lipinski definition) is 2. The second-order valence-corrected chi connectivity index (χ2v) is 4.82. The van der Waals surface area contributed by atoms with Crippen LogP contribution in [0.4, 0.5) is 0 Å². The van der Waals surface area contributed by atoms with E-state index in [1.165, 1.54) is 0 Å². The number of carbonyl (C=O) groups excluding carboxylic acids is 1. The molecule has 0 saturated heterocycles. The minimum atomic E-state index is 0.0258. The fourth-order valence-electron chi connectivity index (χ4n) is 1.62. The van der Waals surface area contributed by atoms with Crippen molar-refractivity contribution in [1.82, 2.24) is 10.6 Å². The molecule has 0 aliphatic carbocycles. The van der Waals surface area contributed by atoms with E-state index >= 15 is 0 Å². The van der Waals surface area contributed by atoms with Crippen molar-refractivity contribution in [2.75, 3.05) is 13.2 Å². The van der Waals surface area contributed by atoms with Crippen molar-refractivity contribution < 1.29 is 9.53 Å². The van der Waals surface area contributed by atoms with Crippen LogP contribution in [0, 0.1) is 0 Å². The van der Waals surface area contributed by atoms with Gasteiger partial charge >= 0.3 is 0 Å². The molecule has 0 fully saturated rings. The number of amides is 1. The van der Waals surface area contributed by atoms with Crippen LogP contribution in [0.3, 0.4) is 0 Å². The van der Waals surface area contributed by atoms with Crippen LogP contribution in [0.1, 0.15) is 32.8 Å². The van der Waals surface area contributed by atoms with E-state index in [4.69, 9.17) is 4.74 Å². The third-order valence-corrected chi connectivity index (χ3v) is 2.46. The highest BCUT2D eigenvalue weighted by molar-refractivity contribution is 5.78. The van der Waals surface area contributed by atoms with Gasteiger partial charge in [0.25, 0.3) is 0 Å². The third kappa shape index (κ3) is 6.82. The highest BCUT2D eigenvalue weighted by Gasteiger charge is 2.02. The van der Waals surface area contributed by atoms with Gasteiger partial charge in [-0.25, -0.2) is 0 Å². The van der Waals surface area contributed by atoms with Crippen LogP contribution in [0.25, 0.3) is 0 Å². The van der Waals surface area contributed by atoms with Crippen molar-refractivity contribution in [3.63, 3.8) is 0 Å². The first-order valence-corrected chi connectivity index (χ1v) is 6.83. The first kappa shape index (κ1) is 15.5. The number of nitrogens with one attached hydrogen (secondary N) is 2. The maximum absolute atomic E-state index is 11.4. The van der Waals surface area contributed by atoms with Crippen LogP contribution in [-0.2, 0) is 11.3 Å². The molecule has 0 spiro atoms. The second-order valence-electron chi connectivity index (χ2n) is 4.82. The number of carbonyl (C=O) groups is 1. The van der Waals surface area contributed by atoms with E-state index in [1.807, 2.05) is 38.1 Å². The van der Waals surface area contributed by atoms with Gasteiger partial charge in [0.05, 0.1) is 13.2 Å². The summed E-state index contributed by atoms with van der Waals surface area (Å²) in [6, 6.07) is 8.13. The van der Waals surface area contributed by atoms with Gasteiger partial charge in [-0.05, 0) is 38.0 Å². The van der Waals surface area contributed by atoms with Crippen LogP contribution in [-0.4, -0.2) is 25.1 Å². The van der Waals surface area contributed by atoms with Crippen molar-refractivity contribution in [3.05, 3.63) is 29.8 Å². The third-order valence-electron chi connectivity index (χ3n) is 2.46. The molecule has 0 aliphatic heterocycles. The maximum Gasteiger partial charge on any atom is 0.234 e. The summed E-state index contributed by atoms with van der Waals surface area (Å²) in [5.41, 5.74) is 1.14. The lowest BCUT2D eigenvalue weighted by Crippen LogP contribution is -2.37. The van der Waals surface area contributed by atoms with Gasteiger partial charge in [0.2, 0.25) is 5.91 Å². The molecule has 0 heterocycles. The fourth-order valence-corrected chi connectivity index (χ4v) is 1.62. The van der Waals surface area contributed by atoms with Gasteiger partial charge in [0.15, 0.2) is 0 Å². The summed E-state index contributed by atoms with van der Waals surface area (Å²) in [6.45, 7) is 7.75. The summed E-state index contributed by atoms with van der Waals surface area (Å²) >= 11 is 0. The molecular weight excluding hydrogens is 240 g/mol. The van der Waals surface area contributed by atoms with Gasteiger partial charge in [-0.15, -0.1) is 0 Å². The molecule has 0 unspecified atom stereocenters. The average Bonchev–Trinajstić information content (AvgIpc) is 2.37. The van der Waals surface area contributed by atoms with Crippen molar-refractivity contribution in [2.45, 2.75) is 39.8 Å². The summed E-state index contributed by atoms with van der Waals surface area (Å²) in [4.78, 5) is 11.4.